The zero-order valence-corrected chi connectivity index (χ0v) is 10.8. The number of sulfone groups is 1. The van der Waals surface area contributed by atoms with Crippen LogP contribution in [0.25, 0.3) is 0 Å². The van der Waals surface area contributed by atoms with Crippen LogP contribution in [-0.4, -0.2) is 40.1 Å². The minimum absolute atomic E-state index is 0.210. The predicted octanol–water partition coefficient (Wildman–Crippen LogP) is 0.641. The molecular formula is C12H18N2O2S. The highest BCUT2D eigenvalue weighted by atomic mass is 32.2. The Morgan fingerprint density at radius 1 is 1.35 bits per heavy atom. The maximum Gasteiger partial charge on any atom is 0.149 e. The van der Waals surface area contributed by atoms with Gasteiger partial charge in [-0.3, -0.25) is 0 Å². The molecule has 0 aromatic heterocycles. The van der Waals surface area contributed by atoms with Crippen molar-refractivity contribution in [3.05, 3.63) is 29.8 Å². The van der Waals surface area contributed by atoms with Crippen LogP contribution in [0.15, 0.2) is 24.3 Å². The Bertz CT molecular complexity index is 485. The van der Waals surface area contributed by atoms with Crippen molar-refractivity contribution in [2.45, 2.75) is 6.54 Å². The first-order valence-corrected chi connectivity index (χ1v) is 7.83. The van der Waals surface area contributed by atoms with Gasteiger partial charge in [0.05, 0.1) is 5.75 Å². The van der Waals surface area contributed by atoms with E-state index in [0.717, 1.165) is 25.3 Å². The molecule has 0 saturated heterocycles. The van der Waals surface area contributed by atoms with Crippen molar-refractivity contribution in [3.8, 4) is 0 Å². The standard InChI is InChI=1S/C12H18N2O2S/c1-17(15,16)9-8-14-7-6-13-10-11-4-2-3-5-12(11)14/h2-5,13H,6-10H2,1H3. The van der Waals surface area contributed by atoms with Crippen LogP contribution >= 0.6 is 0 Å². The van der Waals surface area contributed by atoms with Gasteiger partial charge in [-0.25, -0.2) is 8.42 Å². The summed E-state index contributed by atoms with van der Waals surface area (Å²) in [6.45, 7) is 3.16. The second kappa shape index (κ2) is 5.06. The van der Waals surface area contributed by atoms with Gasteiger partial charge in [-0.1, -0.05) is 18.2 Å². The molecule has 1 heterocycles. The number of hydrogen-bond donors (Lipinski definition) is 1. The SMILES string of the molecule is CS(=O)(=O)CCN1CCNCc2ccccc21. The first kappa shape index (κ1) is 12.4. The van der Waals surface area contributed by atoms with Crippen molar-refractivity contribution < 1.29 is 8.42 Å². The Hall–Kier alpha value is -1.07. The molecule has 2 rings (SSSR count). The Labute approximate surface area is 103 Å². The highest BCUT2D eigenvalue weighted by Crippen LogP contribution is 2.21. The third-order valence-corrected chi connectivity index (χ3v) is 3.86. The Balaban J connectivity index is 2.17. The van der Waals surface area contributed by atoms with Crippen LogP contribution in [0.5, 0.6) is 0 Å². The maximum atomic E-state index is 11.2. The van der Waals surface area contributed by atoms with E-state index in [0.29, 0.717) is 6.54 Å². The fourth-order valence-corrected chi connectivity index (χ4v) is 2.59. The van der Waals surface area contributed by atoms with E-state index >= 15 is 0 Å². The Morgan fingerprint density at radius 2 is 2.12 bits per heavy atom. The van der Waals surface area contributed by atoms with E-state index in [-0.39, 0.29) is 5.75 Å². The number of hydrogen-bond acceptors (Lipinski definition) is 4. The van der Waals surface area contributed by atoms with Crippen molar-refractivity contribution in [2.75, 3.05) is 36.5 Å². The molecule has 1 aliphatic rings. The van der Waals surface area contributed by atoms with Crippen molar-refractivity contribution in [3.63, 3.8) is 0 Å². The number of anilines is 1. The number of nitrogens with one attached hydrogen (secondary N) is 1. The summed E-state index contributed by atoms with van der Waals surface area (Å²) in [7, 11) is -2.90. The molecule has 1 aromatic carbocycles. The lowest BCUT2D eigenvalue weighted by Crippen LogP contribution is -2.32. The van der Waals surface area contributed by atoms with Crippen LogP contribution in [0, 0.1) is 0 Å². The van der Waals surface area contributed by atoms with Crippen LogP contribution in [0.4, 0.5) is 5.69 Å². The highest BCUT2D eigenvalue weighted by Gasteiger charge is 2.15. The van der Waals surface area contributed by atoms with Gasteiger partial charge in [0, 0.05) is 38.1 Å². The smallest absolute Gasteiger partial charge is 0.149 e. The molecule has 17 heavy (non-hydrogen) atoms. The average molecular weight is 254 g/mol. The number of benzene rings is 1. The molecular weight excluding hydrogens is 236 g/mol. The second-order valence-electron chi connectivity index (χ2n) is 4.42. The maximum absolute atomic E-state index is 11.2. The van der Waals surface area contributed by atoms with Crippen LogP contribution < -0.4 is 10.2 Å². The number of nitrogens with zero attached hydrogens (tertiary/aromatic N) is 1. The molecule has 0 aliphatic carbocycles. The minimum Gasteiger partial charge on any atom is -0.369 e. The minimum atomic E-state index is -2.90. The molecule has 1 aliphatic heterocycles. The van der Waals surface area contributed by atoms with Gasteiger partial charge in [-0.2, -0.15) is 0 Å². The molecule has 0 atom stereocenters. The van der Waals surface area contributed by atoms with Gasteiger partial charge in [-0.15, -0.1) is 0 Å². The van der Waals surface area contributed by atoms with Crippen molar-refractivity contribution in [1.29, 1.82) is 0 Å². The third-order valence-electron chi connectivity index (χ3n) is 2.94. The van der Waals surface area contributed by atoms with Crippen LogP contribution in [0.2, 0.25) is 0 Å². The molecule has 4 nitrogen and oxygen atoms in total. The summed E-state index contributed by atoms with van der Waals surface area (Å²) in [5.74, 6) is 0.210. The van der Waals surface area contributed by atoms with E-state index in [4.69, 9.17) is 0 Å². The normalized spacial score (nSPS) is 16.4. The highest BCUT2D eigenvalue weighted by molar-refractivity contribution is 7.90. The average Bonchev–Trinajstić information content (AvgIpc) is 2.47. The van der Waals surface area contributed by atoms with Gasteiger partial charge < -0.3 is 10.2 Å². The quantitative estimate of drug-likeness (QED) is 0.860. The third kappa shape index (κ3) is 3.44. The van der Waals surface area contributed by atoms with Gasteiger partial charge in [-0.05, 0) is 11.6 Å². The second-order valence-corrected chi connectivity index (χ2v) is 6.68. The number of fused-ring (bicyclic) bond motifs is 1. The van der Waals surface area contributed by atoms with E-state index in [2.05, 4.69) is 22.3 Å². The summed E-state index contributed by atoms with van der Waals surface area (Å²) in [4.78, 5) is 2.15. The van der Waals surface area contributed by atoms with Gasteiger partial charge in [0.2, 0.25) is 0 Å². The van der Waals surface area contributed by atoms with E-state index < -0.39 is 9.84 Å². The summed E-state index contributed by atoms with van der Waals surface area (Å²) < 4.78 is 22.5. The first-order chi connectivity index (χ1) is 8.06. The summed E-state index contributed by atoms with van der Waals surface area (Å²) in [6.07, 6.45) is 1.29. The topological polar surface area (TPSA) is 49.4 Å². The summed E-state index contributed by atoms with van der Waals surface area (Å²) in [5, 5.41) is 3.34. The summed E-state index contributed by atoms with van der Waals surface area (Å²) in [6, 6.07) is 8.16. The van der Waals surface area contributed by atoms with Crippen molar-refractivity contribution in [2.24, 2.45) is 0 Å². The van der Waals surface area contributed by atoms with Gasteiger partial charge in [0.25, 0.3) is 0 Å². The molecule has 0 radical (unpaired) electrons. The molecule has 0 amide bonds. The van der Waals surface area contributed by atoms with Crippen molar-refractivity contribution in [1.82, 2.24) is 5.32 Å². The fourth-order valence-electron chi connectivity index (χ4n) is 2.03. The van der Waals surface area contributed by atoms with Crippen molar-refractivity contribution >= 4 is 15.5 Å². The molecule has 5 heteroatoms. The largest absolute Gasteiger partial charge is 0.369 e. The number of rotatable bonds is 3. The lowest BCUT2D eigenvalue weighted by atomic mass is 10.1. The predicted molar refractivity (Wildman–Crippen MR) is 70.1 cm³/mol. The van der Waals surface area contributed by atoms with Crippen LogP contribution in [0.1, 0.15) is 5.56 Å². The molecule has 0 fully saturated rings. The Kier molecular flexibility index (Phi) is 3.69. The molecule has 94 valence electrons. The van der Waals surface area contributed by atoms with E-state index in [1.165, 1.54) is 11.8 Å². The van der Waals surface area contributed by atoms with Gasteiger partial charge in [0.15, 0.2) is 0 Å². The zero-order chi connectivity index (χ0) is 12.3. The molecule has 0 bridgehead atoms. The van der Waals surface area contributed by atoms with Gasteiger partial charge in [0.1, 0.15) is 9.84 Å². The fraction of sp³-hybridized carbons (Fsp3) is 0.500. The summed E-state index contributed by atoms with van der Waals surface area (Å²) in [5.41, 5.74) is 2.39. The molecule has 0 saturated carbocycles. The number of para-hydroxylation sites is 1. The monoisotopic (exact) mass is 254 g/mol. The lowest BCUT2D eigenvalue weighted by Gasteiger charge is -2.24. The molecule has 0 unspecified atom stereocenters. The summed E-state index contributed by atoms with van der Waals surface area (Å²) >= 11 is 0. The van der Waals surface area contributed by atoms with E-state index in [1.54, 1.807) is 0 Å². The van der Waals surface area contributed by atoms with E-state index in [9.17, 15) is 8.42 Å². The zero-order valence-electron chi connectivity index (χ0n) is 10.0. The van der Waals surface area contributed by atoms with Crippen LogP contribution in [0.3, 0.4) is 0 Å². The molecule has 1 aromatic rings. The Morgan fingerprint density at radius 3 is 2.88 bits per heavy atom. The van der Waals surface area contributed by atoms with Crippen LogP contribution in [-0.2, 0) is 16.4 Å². The first-order valence-electron chi connectivity index (χ1n) is 5.77. The van der Waals surface area contributed by atoms with Gasteiger partial charge >= 0.3 is 0 Å². The lowest BCUT2D eigenvalue weighted by molar-refractivity contribution is 0.599. The van der Waals surface area contributed by atoms with E-state index in [1.807, 2.05) is 12.1 Å². The molecule has 0 spiro atoms. The molecule has 1 N–H and O–H groups in total.